The van der Waals surface area contributed by atoms with Crippen LogP contribution in [0.3, 0.4) is 0 Å². The van der Waals surface area contributed by atoms with Gasteiger partial charge in [0.15, 0.2) is 6.29 Å². The molecule has 1 fully saturated rings. The number of amides is 1. The van der Waals surface area contributed by atoms with Crippen LogP contribution in [-0.4, -0.2) is 41.3 Å². The van der Waals surface area contributed by atoms with E-state index in [9.17, 15) is 18.4 Å². The number of hydrogen-bond acceptors (Lipinski definition) is 4. The standard InChI is InChI=1S/C19H18F2N2O3/c20-19(21)7-9-23(18(25)26-13-14-4-2-1-3-5-14)11-17(19)15-6-8-22-16(10-15)12-24/h1-6,8,10,12,17H,7,9,11,13H2/t17-/m1/s1. The molecule has 1 atom stereocenters. The first-order valence-corrected chi connectivity index (χ1v) is 8.24. The third kappa shape index (κ3) is 4.04. The predicted octanol–water partition coefficient (Wildman–Crippen LogP) is 3.66. The smallest absolute Gasteiger partial charge is 0.410 e. The van der Waals surface area contributed by atoms with Gasteiger partial charge in [-0.3, -0.25) is 9.78 Å². The number of rotatable bonds is 4. The fourth-order valence-corrected chi connectivity index (χ4v) is 2.98. The first-order chi connectivity index (χ1) is 12.5. The number of benzene rings is 1. The number of likely N-dealkylation sites (tertiary alicyclic amines) is 1. The Balaban J connectivity index is 1.70. The summed E-state index contributed by atoms with van der Waals surface area (Å²) in [6, 6.07) is 11.9. The van der Waals surface area contributed by atoms with Crippen LogP contribution in [0.25, 0.3) is 0 Å². The van der Waals surface area contributed by atoms with Crippen LogP contribution in [0.4, 0.5) is 13.6 Å². The van der Waals surface area contributed by atoms with Crippen LogP contribution in [-0.2, 0) is 11.3 Å². The van der Waals surface area contributed by atoms with Crippen molar-refractivity contribution in [3.05, 3.63) is 65.5 Å². The number of hydrogen-bond donors (Lipinski definition) is 0. The fourth-order valence-electron chi connectivity index (χ4n) is 2.98. The molecule has 2 heterocycles. The van der Waals surface area contributed by atoms with E-state index in [0.29, 0.717) is 6.29 Å². The van der Waals surface area contributed by atoms with Crippen LogP contribution < -0.4 is 0 Å². The SMILES string of the molecule is O=Cc1cc([C@H]2CN(C(=O)OCc3ccccc3)CCC2(F)F)ccn1. The molecule has 0 spiro atoms. The Labute approximate surface area is 149 Å². The number of carbonyl (C=O) groups is 2. The average Bonchev–Trinajstić information content (AvgIpc) is 2.66. The zero-order valence-electron chi connectivity index (χ0n) is 14.0. The Morgan fingerprint density at radius 3 is 2.81 bits per heavy atom. The highest BCUT2D eigenvalue weighted by atomic mass is 19.3. The summed E-state index contributed by atoms with van der Waals surface area (Å²) in [5, 5.41) is 0. The summed E-state index contributed by atoms with van der Waals surface area (Å²) in [5.74, 6) is -4.18. The van der Waals surface area contributed by atoms with Gasteiger partial charge in [0.25, 0.3) is 5.92 Å². The van der Waals surface area contributed by atoms with Crippen molar-refractivity contribution in [2.45, 2.75) is 24.9 Å². The number of nitrogens with zero attached hydrogens (tertiary/aromatic N) is 2. The summed E-state index contributed by atoms with van der Waals surface area (Å²) in [6.45, 7) is -0.173. The quantitative estimate of drug-likeness (QED) is 0.781. The van der Waals surface area contributed by atoms with Gasteiger partial charge < -0.3 is 9.64 Å². The van der Waals surface area contributed by atoms with Gasteiger partial charge >= 0.3 is 6.09 Å². The normalized spacial score (nSPS) is 19.0. The number of halogens is 2. The second-order valence-electron chi connectivity index (χ2n) is 6.18. The van der Waals surface area contributed by atoms with E-state index in [0.717, 1.165) is 5.56 Å². The molecule has 1 saturated heterocycles. The minimum Gasteiger partial charge on any atom is -0.445 e. The monoisotopic (exact) mass is 360 g/mol. The number of aromatic nitrogens is 1. The minimum absolute atomic E-state index is 0.0806. The summed E-state index contributed by atoms with van der Waals surface area (Å²) in [7, 11) is 0. The highest BCUT2D eigenvalue weighted by molar-refractivity contribution is 5.72. The molecule has 3 rings (SSSR count). The third-order valence-electron chi connectivity index (χ3n) is 4.42. The number of carbonyl (C=O) groups excluding carboxylic acids is 2. The van der Waals surface area contributed by atoms with Gasteiger partial charge in [0.2, 0.25) is 0 Å². The van der Waals surface area contributed by atoms with Crippen molar-refractivity contribution in [2.75, 3.05) is 13.1 Å². The van der Waals surface area contributed by atoms with Gasteiger partial charge in [0, 0.05) is 25.7 Å². The number of ether oxygens (including phenoxy) is 1. The lowest BCUT2D eigenvalue weighted by molar-refractivity contribution is -0.0728. The molecule has 1 aliphatic rings. The maximum absolute atomic E-state index is 14.4. The van der Waals surface area contributed by atoms with E-state index < -0.39 is 24.4 Å². The van der Waals surface area contributed by atoms with Crippen LogP contribution >= 0.6 is 0 Å². The second-order valence-corrected chi connectivity index (χ2v) is 6.18. The summed E-state index contributed by atoms with van der Waals surface area (Å²) >= 11 is 0. The summed E-state index contributed by atoms with van der Waals surface area (Å²) in [5.41, 5.74) is 1.19. The Morgan fingerprint density at radius 1 is 1.31 bits per heavy atom. The number of aldehydes is 1. The van der Waals surface area contributed by atoms with Gasteiger partial charge in [0.05, 0.1) is 5.92 Å². The second kappa shape index (κ2) is 7.59. The van der Waals surface area contributed by atoms with E-state index in [-0.39, 0.29) is 31.0 Å². The first kappa shape index (κ1) is 18.0. The molecular weight excluding hydrogens is 342 g/mol. The largest absolute Gasteiger partial charge is 0.445 e. The highest BCUT2D eigenvalue weighted by Gasteiger charge is 2.46. The lowest BCUT2D eigenvalue weighted by Crippen LogP contribution is -2.48. The molecule has 0 saturated carbocycles. The van der Waals surface area contributed by atoms with Crippen molar-refractivity contribution in [1.82, 2.24) is 9.88 Å². The van der Waals surface area contributed by atoms with Crippen molar-refractivity contribution in [2.24, 2.45) is 0 Å². The Bertz CT molecular complexity index is 783. The molecule has 2 aromatic rings. The summed E-state index contributed by atoms with van der Waals surface area (Å²) in [6.07, 6.45) is 0.744. The predicted molar refractivity (Wildman–Crippen MR) is 90.1 cm³/mol. The van der Waals surface area contributed by atoms with Gasteiger partial charge in [-0.1, -0.05) is 30.3 Å². The highest BCUT2D eigenvalue weighted by Crippen LogP contribution is 2.40. The molecule has 26 heavy (non-hydrogen) atoms. The molecule has 0 radical (unpaired) electrons. The molecular formula is C19H18F2N2O3. The third-order valence-corrected chi connectivity index (χ3v) is 4.42. The molecule has 5 nitrogen and oxygen atoms in total. The number of alkyl halides is 2. The lowest BCUT2D eigenvalue weighted by Gasteiger charge is -2.38. The van der Waals surface area contributed by atoms with E-state index in [1.807, 2.05) is 30.3 Å². The van der Waals surface area contributed by atoms with Crippen LogP contribution in [0.15, 0.2) is 48.7 Å². The molecule has 1 aromatic heterocycles. The van der Waals surface area contributed by atoms with E-state index in [1.165, 1.54) is 23.2 Å². The minimum atomic E-state index is -2.97. The lowest BCUT2D eigenvalue weighted by atomic mass is 9.87. The van der Waals surface area contributed by atoms with Crippen molar-refractivity contribution in [3.8, 4) is 0 Å². The van der Waals surface area contributed by atoms with E-state index in [4.69, 9.17) is 4.74 Å². The van der Waals surface area contributed by atoms with E-state index in [1.54, 1.807) is 0 Å². The molecule has 1 aromatic carbocycles. The molecule has 7 heteroatoms. The van der Waals surface area contributed by atoms with Crippen molar-refractivity contribution in [3.63, 3.8) is 0 Å². The van der Waals surface area contributed by atoms with E-state index in [2.05, 4.69) is 4.98 Å². The maximum atomic E-state index is 14.4. The molecule has 0 unspecified atom stereocenters. The van der Waals surface area contributed by atoms with Crippen molar-refractivity contribution < 1.29 is 23.1 Å². The van der Waals surface area contributed by atoms with Crippen LogP contribution in [0.1, 0.15) is 34.0 Å². The van der Waals surface area contributed by atoms with Gasteiger partial charge in [-0.15, -0.1) is 0 Å². The van der Waals surface area contributed by atoms with Crippen LogP contribution in [0.5, 0.6) is 0 Å². The Hall–Kier alpha value is -2.83. The summed E-state index contributed by atoms with van der Waals surface area (Å²) < 4.78 is 34.0. The topological polar surface area (TPSA) is 59.5 Å². The number of piperidine rings is 1. The molecule has 136 valence electrons. The van der Waals surface area contributed by atoms with Crippen molar-refractivity contribution in [1.29, 1.82) is 0 Å². The molecule has 0 bridgehead atoms. The molecule has 0 aliphatic carbocycles. The average molecular weight is 360 g/mol. The Morgan fingerprint density at radius 2 is 2.08 bits per heavy atom. The van der Waals surface area contributed by atoms with Gasteiger partial charge in [-0.2, -0.15) is 0 Å². The first-order valence-electron chi connectivity index (χ1n) is 8.24. The van der Waals surface area contributed by atoms with E-state index >= 15 is 0 Å². The zero-order chi connectivity index (χ0) is 18.6. The number of pyridine rings is 1. The molecule has 0 N–H and O–H groups in total. The van der Waals surface area contributed by atoms with Crippen LogP contribution in [0, 0.1) is 0 Å². The maximum Gasteiger partial charge on any atom is 0.410 e. The van der Waals surface area contributed by atoms with Crippen LogP contribution in [0.2, 0.25) is 0 Å². The van der Waals surface area contributed by atoms with Gasteiger partial charge in [-0.05, 0) is 23.3 Å². The van der Waals surface area contributed by atoms with Crippen molar-refractivity contribution >= 4 is 12.4 Å². The van der Waals surface area contributed by atoms with Gasteiger partial charge in [-0.25, -0.2) is 13.6 Å². The zero-order valence-corrected chi connectivity index (χ0v) is 14.0. The summed E-state index contributed by atoms with van der Waals surface area (Å²) in [4.78, 5) is 28.2. The van der Waals surface area contributed by atoms with Gasteiger partial charge in [0.1, 0.15) is 12.3 Å². The molecule has 1 amide bonds. The molecule has 1 aliphatic heterocycles. The fraction of sp³-hybridized carbons (Fsp3) is 0.316. The Kier molecular flexibility index (Phi) is 5.25.